The number of hydrogen-bond acceptors (Lipinski definition) is 4. The zero-order chi connectivity index (χ0) is 14.8. The molecule has 0 radical (unpaired) electrons. The number of fused-ring (bicyclic) bond motifs is 1. The fraction of sp³-hybridized carbons (Fsp3) is 0.125. The number of pyridine rings is 1. The topological polar surface area (TPSA) is 70.1 Å². The summed E-state index contributed by atoms with van der Waals surface area (Å²) in [6.07, 6.45) is 1.67. The lowest BCUT2D eigenvalue weighted by Gasteiger charge is -2.06. The predicted octanol–water partition coefficient (Wildman–Crippen LogP) is 2.51. The summed E-state index contributed by atoms with van der Waals surface area (Å²) in [6, 6.07) is 13.2. The fourth-order valence-corrected chi connectivity index (χ4v) is 2.20. The van der Waals surface area contributed by atoms with Gasteiger partial charge in [-0.3, -0.25) is 0 Å². The van der Waals surface area contributed by atoms with E-state index in [4.69, 9.17) is 10.5 Å². The number of benzene rings is 1. The molecule has 0 fully saturated rings. The Morgan fingerprint density at radius 1 is 1.29 bits per heavy atom. The number of aromatic nitrogens is 2. The molecule has 0 aliphatic carbocycles. The number of para-hydroxylation sites is 1. The van der Waals surface area contributed by atoms with Crippen LogP contribution in [0.15, 0.2) is 48.7 Å². The van der Waals surface area contributed by atoms with E-state index in [-0.39, 0.29) is 6.61 Å². The summed E-state index contributed by atoms with van der Waals surface area (Å²) >= 11 is 0. The number of hydrogen-bond donors (Lipinski definition) is 1. The number of ether oxygens (including phenoxy) is 1. The second-order valence-corrected chi connectivity index (χ2v) is 4.84. The van der Waals surface area contributed by atoms with Crippen molar-refractivity contribution in [2.24, 2.45) is 7.05 Å². The van der Waals surface area contributed by atoms with Gasteiger partial charge in [0.05, 0.1) is 16.9 Å². The van der Waals surface area contributed by atoms with Gasteiger partial charge in [0, 0.05) is 18.6 Å². The first-order valence-electron chi connectivity index (χ1n) is 6.57. The van der Waals surface area contributed by atoms with Crippen LogP contribution in [0.5, 0.6) is 0 Å². The first-order valence-corrected chi connectivity index (χ1v) is 6.57. The number of carbonyl (C=O) groups excluding carboxylic acids is 1. The highest BCUT2D eigenvalue weighted by Crippen LogP contribution is 2.14. The fourth-order valence-electron chi connectivity index (χ4n) is 2.20. The first-order chi connectivity index (χ1) is 10.1. The maximum absolute atomic E-state index is 12.0. The van der Waals surface area contributed by atoms with Gasteiger partial charge < -0.3 is 15.0 Å². The third-order valence-electron chi connectivity index (χ3n) is 3.24. The van der Waals surface area contributed by atoms with Gasteiger partial charge in [-0.05, 0) is 18.2 Å². The molecule has 2 N–H and O–H groups in total. The average molecular weight is 281 g/mol. The minimum absolute atomic E-state index is 0.134. The van der Waals surface area contributed by atoms with E-state index in [1.54, 1.807) is 23.9 Å². The van der Waals surface area contributed by atoms with Crippen molar-refractivity contribution in [2.45, 2.75) is 6.61 Å². The van der Waals surface area contributed by atoms with Crippen LogP contribution in [-0.4, -0.2) is 15.5 Å². The molecule has 5 nitrogen and oxygen atoms in total. The van der Waals surface area contributed by atoms with Gasteiger partial charge >= 0.3 is 5.97 Å². The van der Waals surface area contributed by atoms with Crippen molar-refractivity contribution < 1.29 is 9.53 Å². The number of aryl methyl sites for hydroxylation is 1. The Morgan fingerprint density at radius 3 is 2.86 bits per heavy atom. The standard InChI is InChI=1S/C16H15N3O2/c1-19-9-12(17)8-15(19)16(20)21-10-13-7-6-11-4-2-3-5-14(11)18-13/h2-9H,10,17H2,1H3. The lowest BCUT2D eigenvalue weighted by molar-refractivity contribution is 0.0457. The Balaban J connectivity index is 1.74. The molecule has 0 aliphatic heterocycles. The van der Waals surface area contributed by atoms with Crippen molar-refractivity contribution in [3.05, 3.63) is 60.0 Å². The Morgan fingerprint density at radius 2 is 2.10 bits per heavy atom. The van der Waals surface area contributed by atoms with Crippen LogP contribution in [0.25, 0.3) is 10.9 Å². The molecule has 0 amide bonds. The van der Waals surface area contributed by atoms with Crippen LogP contribution in [-0.2, 0) is 18.4 Å². The minimum atomic E-state index is -0.413. The summed E-state index contributed by atoms with van der Waals surface area (Å²) in [5.41, 5.74) is 8.20. The molecule has 0 aliphatic rings. The second kappa shape index (κ2) is 5.28. The molecule has 5 heteroatoms. The van der Waals surface area contributed by atoms with Crippen molar-refractivity contribution in [2.75, 3.05) is 5.73 Å². The third-order valence-corrected chi connectivity index (χ3v) is 3.24. The van der Waals surface area contributed by atoms with Gasteiger partial charge in [-0.25, -0.2) is 9.78 Å². The predicted molar refractivity (Wildman–Crippen MR) is 80.7 cm³/mol. The number of anilines is 1. The van der Waals surface area contributed by atoms with Crippen molar-refractivity contribution in [1.29, 1.82) is 0 Å². The summed E-state index contributed by atoms with van der Waals surface area (Å²) in [6.45, 7) is 0.134. The van der Waals surface area contributed by atoms with E-state index in [1.165, 1.54) is 0 Å². The molecule has 0 saturated heterocycles. The molecular formula is C16H15N3O2. The molecule has 3 aromatic rings. The highest BCUT2D eigenvalue weighted by Gasteiger charge is 2.12. The van der Waals surface area contributed by atoms with E-state index in [0.29, 0.717) is 17.1 Å². The Bertz CT molecular complexity index is 808. The summed E-state index contributed by atoms with van der Waals surface area (Å²) in [5, 5.41) is 1.06. The van der Waals surface area contributed by atoms with Gasteiger partial charge in [-0.1, -0.05) is 24.3 Å². The van der Waals surface area contributed by atoms with Crippen LogP contribution in [0, 0.1) is 0 Å². The number of nitrogen functional groups attached to an aromatic ring is 1. The Labute approximate surface area is 122 Å². The number of nitrogens with zero attached hydrogens (tertiary/aromatic N) is 2. The number of nitrogens with two attached hydrogens (primary N) is 1. The Kier molecular flexibility index (Phi) is 3.31. The van der Waals surface area contributed by atoms with Gasteiger partial charge in [-0.15, -0.1) is 0 Å². The van der Waals surface area contributed by atoms with Gasteiger partial charge in [0.25, 0.3) is 0 Å². The van der Waals surface area contributed by atoms with E-state index >= 15 is 0 Å². The molecule has 0 unspecified atom stereocenters. The quantitative estimate of drug-likeness (QED) is 0.749. The summed E-state index contributed by atoms with van der Waals surface area (Å²) in [4.78, 5) is 16.4. The molecular weight excluding hydrogens is 266 g/mol. The number of rotatable bonds is 3. The van der Waals surface area contributed by atoms with Gasteiger partial charge in [0.2, 0.25) is 0 Å². The number of carbonyl (C=O) groups is 1. The van der Waals surface area contributed by atoms with E-state index in [2.05, 4.69) is 4.98 Å². The molecule has 0 atom stereocenters. The molecule has 0 saturated carbocycles. The third kappa shape index (κ3) is 2.72. The molecule has 2 aromatic heterocycles. The van der Waals surface area contributed by atoms with Crippen LogP contribution in [0.4, 0.5) is 5.69 Å². The largest absolute Gasteiger partial charge is 0.455 e. The normalized spacial score (nSPS) is 10.7. The van der Waals surface area contributed by atoms with Gasteiger partial charge in [0.15, 0.2) is 0 Å². The van der Waals surface area contributed by atoms with Crippen molar-refractivity contribution in [3.63, 3.8) is 0 Å². The van der Waals surface area contributed by atoms with Gasteiger partial charge in [0.1, 0.15) is 12.3 Å². The highest BCUT2D eigenvalue weighted by molar-refractivity contribution is 5.89. The lowest BCUT2D eigenvalue weighted by atomic mass is 10.2. The first kappa shape index (κ1) is 13.2. The molecule has 3 rings (SSSR count). The van der Waals surface area contributed by atoms with E-state index in [9.17, 15) is 4.79 Å². The van der Waals surface area contributed by atoms with E-state index < -0.39 is 5.97 Å². The molecule has 2 heterocycles. The monoisotopic (exact) mass is 281 g/mol. The second-order valence-electron chi connectivity index (χ2n) is 4.84. The van der Waals surface area contributed by atoms with Crippen LogP contribution >= 0.6 is 0 Å². The molecule has 0 bridgehead atoms. The zero-order valence-corrected chi connectivity index (χ0v) is 11.6. The van der Waals surface area contributed by atoms with Crippen LogP contribution in [0.2, 0.25) is 0 Å². The van der Waals surface area contributed by atoms with E-state index in [1.807, 2.05) is 36.4 Å². The summed E-state index contributed by atoms with van der Waals surface area (Å²) < 4.78 is 6.92. The maximum atomic E-state index is 12.0. The lowest BCUT2D eigenvalue weighted by Crippen LogP contribution is -2.10. The Hall–Kier alpha value is -2.82. The van der Waals surface area contributed by atoms with Gasteiger partial charge in [-0.2, -0.15) is 0 Å². The average Bonchev–Trinajstić information content (AvgIpc) is 2.83. The maximum Gasteiger partial charge on any atom is 0.355 e. The summed E-state index contributed by atoms with van der Waals surface area (Å²) in [7, 11) is 1.75. The van der Waals surface area contributed by atoms with Crippen LogP contribution in [0.1, 0.15) is 16.2 Å². The summed E-state index contributed by atoms with van der Waals surface area (Å²) in [5.74, 6) is -0.413. The van der Waals surface area contributed by atoms with Crippen molar-refractivity contribution >= 4 is 22.6 Å². The molecule has 21 heavy (non-hydrogen) atoms. The van der Waals surface area contributed by atoms with Crippen LogP contribution in [0.3, 0.4) is 0 Å². The highest BCUT2D eigenvalue weighted by atomic mass is 16.5. The van der Waals surface area contributed by atoms with Crippen molar-refractivity contribution in [3.8, 4) is 0 Å². The minimum Gasteiger partial charge on any atom is -0.455 e. The zero-order valence-electron chi connectivity index (χ0n) is 11.6. The SMILES string of the molecule is Cn1cc(N)cc1C(=O)OCc1ccc2ccccc2n1. The molecule has 1 aromatic carbocycles. The smallest absolute Gasteiger partial charge is 0.355 e. The molecule has 0 spiro atoms. The van der Waals surface area contributed by atoms with Crippen molar-refractivity contribution in [1.82, 2.24) is 9.55 Å². The number of esters is 1. The van der Waals surface area contributed by atoms with E-state index in [0.717, 1.165) is 10.9 Å². The molecule has 106 valence electrons. The van der Waals surface area contributed by atoms with Crippen LogP contribution < -0.4 is 5.73 Å².